The maximum absolute atomic E-state index is 6.17. The standard InChI is InChI=1S/C13H20OSi/c1-15(2)13(10-6-7-11-14-13)12-8-4-3-5-9-12/h3-5,8-9,15H,6-7,10-11H2,1-2H3/p+1. The zero-order valence-electron chi connectivity index (χ0n) is 10.7. The highest BCUT2D eigenvalue weighted by atomic mass is 28.3. The van der Waals surface area contributed by atoms with Crippen molar-refractivity contribution in [2.75, 3.05) is 6.61 Å². The van der Waals surface area contributed by atoms with Crippen molar-refractivity contribution in [1.29, 1.82) is 0 Å². The molecule has 1 unspecified atom stereocenters. The van der Waals surface area contributed by atoms with E-state index in [4.69, 9.17) is 4.74 Å². The van der Waals surface area contributed by atoms with Crippen LogP contribution in [0, 0.1) is 0 Å². The van der Waals surface area contributed by atoms with Crippen LogP contribution < -0.4 is 0 Å². The van der Waals surface area contributed by atoms with Crippen LogP contribution in [0.4, 0.5) is 0 Å². The van der Waals surface area contributed by atoms with Crippen LogP contribution in [0.3, 0.4) is 0 Å². The second-order valence-corrected chi connectivity index (χ2v) is 7.96. The summed E-state index contributed by atoms with van der Waals surface area (Å²) in [5.41, 5.74) is 1.41. The molecule has 0 aliphatic carbocycles. The highest BCUT2D eigenvalue weighted by Crippen LogP contribution is 2.37. The summed E-state index contributed by atoms with van der Waals surface area (Å²) in [6.45, 7) is 5.75. The Kier molecular flexibility index (Phi) is 3.27. The Labute approximate surface area is 95.6 Å². The second kappa shape index (κ2) is 4.50. The van der Waals surface area contributed by atoms with Crippen molar-refractivity contribution in [3.63, 3.8) is 0 Å². The summed E-state index contributed by atoms with van der Waals surface area (Å²) in [5.74, 6) is 0. The van der Waals surface area contributed by atoms with Gasteiger partial charge in [-0.3, -0.25) is 0 Å². The van der Waals surface area contributed by atoms with Crippen LogP contribution >= 0.6 is 0 Å². The molecule has 1 atom stereocenters. The average molecular weight is 221 g/mol. The van der Waals surface area contributed by atoms with Crippen LogP contribution in [-0.4, -0.2) is 15.4 Å². The molecule has 0 spiro atoms. The molecule has 1 aliphatic heterocycles. The van der Waals surface area contributed by atoms with Gasteiger partial charge in [-0.15, -0.1) is 0 Å². The Hall–Kier alpha value is -0.603. The van der Waals surface area contributed by atoms with E-state index in [0.717, 1.165) is 6.61 Å². The number of hydrogen-bond acceptors (Lipinski definition) is 1. The number of rotatable bonds is 2. The lowest BCUT2D eigenvalue weighted by Crippen LogP contribution is -2.44. The van der Waals surface area contributed by atoms with Gasteiger partial charge in [-0.2, -0.15) is 0 Å². The first-order chi connectivity index (χ1) is 7.26. The fourth-order valence-corrected chi connectivity index (χ4v) is 4.64. The molecule has 2 heteroatoms. The second-order valence-electron chi connectivity index (χ2n) is 4.72. The van der Waals surface area contributed by atoms with Crippen molar-refractivity contribution in [3.8, 4) is 0 Å². The van der Waals surface area contributed by atoms with E-state index < -0.39 is 8.80 Å². The summed E-state index contributed by atoms with van der Waals surface area (Å²) in [5, 5.41) is 0.111. The first-order valence-electron chi connectivity index (χ1n) is 5.95. The first-order valence-corrected chi connectivity index (χ1v) is 8.84. The summed E-state index contributed by atoms with van der Waals surface area (Å²) in [6, 6.07) is 10.8. The molecule has 0 N–H and O–H groups in total. The lowest BCUT2D eigenvalue weighted by molar-refractivity contribution is -0.0264. The number of benzene rings is 1. The Bertz CT molecular complexity index is 307. The van der Waals surface area contributed by atoms with Crippen LogP contribution in [0.5, 0.6) is 0 Å². The fourth-order valence-electron chi connectivity index (χ4n) is 2.55. The smallest absolute Gasteiger partial charge is 0.374 e. The van der Waals surface area contributed by atoms with E-state index in [1.54, 1.807) is 0 Å². The Morgan fingerprint density at radius 2 is 1.93 bits per heavy atom. The molecule has 0 aromatic heterocycles. The average Bonchev–Trinajstić information content (AvgIpc) is 2.31. The highest BCUT2D eigenvalue weighted by Gasteiger charge is 2.38. The summed E-state index contributed by atoms with van der Waals surface area (Å²) in [7, 11) is -0.837. The van der Waals surface area contributed by atoms with Gasteiger partial charge < -0.3 is 4.74 Å². The van der Waals surface area contributed by atoms with E-state index in [2.05, 4.69) is 43.4 Å². The predicted molar refractivity (Wildman–Crippen MR) is 67.9 cm³/mol. The van der Waals surface area contributed by atoms with Crippen molar-refractivity contribution < 1.29 is 6.16 Å². The molecule has 15 heavy (non-hydrogen) atoms. The largest absolute Gasteiger partial charge is 1.00 e. The summed E-state index contributed by atoms with van der Waals surface area (Å²) < 4.78 is 6.17. The lowest BCUT2D eigenvalue weighted by Gasteiger charge is -2.41. The van der Waals surface area contributed by atoms with Crippen molar-refractivity contribution in [1.82, 2.24) is 0 Å². The summed E-state index contributed by atoms with van der Waals surface area (Å²) in [6.07, 6.45) is 3.77. The van der Waals surface area contributed by atoms with E-state index in [0.29, 0.717) is 0 Å². The van der Waals surface area contributed by atoms with Gasteiger partial charge in [0.15, 0.2) is 0 Å². The molecule has 1 aromatic carbocycles. The summed E-state index contributed by atoms with van der Waals surface area (Å²) in [4.78, 5) is 0. The van der Waals surface area contributed by atoms with Crippen molar-refractivity contribution >= 4 is 8.80 Å². The van der Waals surface area contributed by atoms with Crippen LogP contribution in [0.2, 0.25) is 13.1 Å². The topological polar surface area (TPSA) is 9.23 Å². The quantitative estimate of drug-likeness (QED) is 0.697. The molecule has 0 amide bonds. The molecule has 0 bridgehead atoms. The summed E-state index contributed by atoms with van der Waals surface area (Å²) >= 11 is 0. The van der Waals surface area contributed by atoms with Crippen LogP contribution in [0.15, 0.2) is 30.3 Å². The van der Waals surface area contributed by atoms with Gasteiger partial charge in [-0.1, -0.05) is 43.4 Å². The lowest BCUT2D eigenvalue weighted by atomic mass is 10.0. The predicted octanol–water partition coefficient (Wildman–Crippen LogP) is 3.22. The number of ether oxygens (including phenoxy) is 1. The number of hydrogen-bond donors (Lipinski definition) is 0. The molecule has 1 saturated heterocycles. The molecule has 0 radical (unpaired) electrons. The molecule has 2 rings (SSSR count). The molecular weight excluding hydrogens is 200 g/mol. The minimum Gasteiger partial charge on any atom is -0.374 e. The van der Waals surface area contributed by atoms with Crippen LogP contribution in [-0.2, 0) is 9.96 Å². The molecule has 82 valence electrons. The van der Waals surface area contributed by atoms with E-state index in [1.807, 2.05) is 0 Å². The molecule has 1 fully saturated rings. The molecule has 0 saturated carbocycles. The molecule has 1 aromatic rings. The van der Waals surface area contributed by atoms with E-state index in [-0.39, 0.29) is 6.65 Å². The molecule has 1 nitrogen and oxygen atoms in total. The monoisotopic (exact) mass is 221 g/mol. The minimum absolute atomic E-state index is 0. The van der Waals surface area contributed by atoms with Gasteiger partial charge in [0.25, 0.3) is 0 Å². The van der Waals surface area contributed by atoms with Crippen LogP contribution in [0.1, 0.15) is 26.3 Å². The third-order valence-corrected chi connectivity index (χ3v) is 6.15. The maximum Gasteiger partial charge on any atom is 1.00 e. The van der Waals surface area contributed by atoms with Gasteiger partial charge in [0.1, 0.15) is 0 Å². The van der Waals surface area contributed by atoms with E-state index in [1.165, 1.54) is 24.8 Å². The normalized spacial score (nSPS) is 26.9. The highest BCUT2D eigenvalue weighted by molar-refractivity contribution is 6.58. The third-order valence-electron chi connectivity index (χ3n) is 3.50. The van der Waals surface area contributed by atoms with Gasteiger partial charge in [-0.25, -0.2) is 0 Å². The van der Waals surface area contributed by atoms with Crippen LogP contribution in [0.25, 0.3) is 0 Å². The zero-order chi connectivity index (χ0) is 10.7. The van der Waals surface area contributed by atoms with Gasteiger partial charge in [0.2, 0.25) is 0 Å². The SMILES string of the molecule is C[SiH](C)C1(c2ccccc2)CCCCO1.[H+]. The Morgan fingerprint density at radius 3 is 2.47 bits per heavy atom. The van der Waals surface area contributed by atoms with Crippen molar-refractivity contribution in [2.24, 2.45) is 0 Å². The maximum atomic E-state index is 6.17. The molecule has 1 aliphatic rings. The van der Waals surface area contributed by atoms with Gasteiger partial charge in [0, 0.05) is 6.61 Å². The minimum atomic E-state index is -0.837. The third kappa shape index (κ3) is 2.01. The van der Waals surface area contributed by atoms with E-state index in [9.17, 15) is 0 Å². The zero-order valence-corrected chi connectivity index (χ0v) is 10.9. The van der Waals surface area contributed by atoms with Gasteiger partial charge >= 0.3 is 1.43 Å². The van der Waals surface area contributed by atoms with Crippen molar-refractivity contribution in [3.05, 3.63) is 35.9 Å². The first kappa shape index (κ1) is 10.9. The van der Waals surface area contributed by atoms with Gasteiger partial charge in [-0.05, 0) is 24.8 Å². The Morgan fingerprint density at radius 1 is 1.20 bits per heavy atom. The van der Waals surface area contributed by atoms with Crippen molar-refractivity contribution in [2.45, 2.75) is 37.6 Å². The molecule has 1 heterocycles. The van der Waals surface area contributed by atoms with E-state index >= 15 is 0 Å². The van der Waals surface area contributed by atoms with Gasteiger partial charge in [0.05, 0.1) is 14.0 Å². The molecular formula is C13H21OSi+. The fraction of sp³-hybridized carbons (Fsp3) is 0.538. The Balaban J connectivity index is 0.00000128.